The van der Waals surface area contributed by atoms with E-state index < -0.39 is 11.9 Å². The number of fused-ring (bicyclic) bond motifs is 1. The molecule has 1 heterocycles. The summed E-state index contributed by atoms with van der Waals surface area (Å²) in [6, 6.07) is 0. The van der Waals surface area contributed by atoms with Gasteiger partial charge in [0, 0.05) is 43.1 Å². The molecule has 1 unspecified atom stereocenters. The second kappa shape index (κ2) is 3.83. The molecule has 0 aromatic carbocycles. The van der Waals surface area contributed by atoms with Crippen molar-refractivity contribution in [2.24, 2.45) is 0 Å². The van der Waals surface area contributed by atoms with Gasteiger partial charge in [0.15, 0.2) is 0 Å². The first-order valence-corrected chi connectivity index (χ1v) is 5.36. The fourth-order valence-electron chi connectivity index (χ4n) is 2.05. The van der Waals surface area contributed by atoms with Crippen LogP contribution in [-0.4, -0.2) is 30.4 Å². The Labute approximate surface area is 96.4 Å². The Kier molecular flexibility index (Phi) is 2.81. The van der Waals surface area contributed by atoms with Crippen LogP contribution < -0.4 is 0 Å². The van der Waals surface area contributed by atoms with E-state index in [-0.39, 0.29) is 0 Å². The van der Waals surface area contributed by atoms with E-state index in [9.17, 15) is 5.11 Å². The van der Waals surface area contributed by atoms with Crippen LogP contribution in [0.3, 0.4) is 0 Å². The van der Waals surface area contributed by atoms with Crippen LogP contribution in [0.25, 0.3) is 0 Å². The highest BCUT2D eigenvalue weighted by atomic mass is 79.9. The fraction of sp³-hybridized carbons (Fsp3) is 0.500. The Hall–Kier alpha value is -0.490. The van der Waals surface area contributed by atoms with Crippen molar-refractivity contribution in [1.29, 1.82) is 0 Å². The number of nitrogens with zero attached hydrogens (tertiary/aromatic N) is 1. The lowest BCUT2D eigenvalue weighted by molar-refractivity contribution is -0.260. The predicted molar refractivity (Wildman–Crippen MR) is 57.3 cm³/mol. The molecule has 1 aromatic rings. The van der Waals surface area contributed by atoms with Crippen LogP contribution in [-0.2, 0) is 21.7 Å². The van der Waals surface area contributed by atoms with Crippen molar-refractivity contribution in [1.82, 2.24) is 4.98 Å². The molecule has 1 aliphatic carbocycles. The van der Waals surface area contributed by atoms with E-state index in [1.165, 1.54) is 14.2 Å². The molecule has 0 aliphatic heterocycles. The van der Waals surface area contributed by atoms with Crippen molar-refractivity contribution in [3.05, 3.63) is 28.0 Å². The van der Waals surface area contributed by atoms with Crippen LogP contribution in [0.1, 0.15) is 11.1 Å². The van der Waals surface area contributed by atoms with Crippen molar-refractivity contribution in [2.75, 3.05) is 14.2 Å². The smallest absolute Gasteiger partial charge is 0.223 e. The maximum atomic E-state index is 9.99. The van der Waals surface area contributed by atoms with Crippen LogP contribution in [0.4, 0.5) is 0 Å². The lowest BCUT2D eigenvalue weighted by Gasteiger charge is -2.30. The first-order valence-electron chi connectivity index (χ1n) is 4.57. The third kappa shape index (κ3) is 1.42. The van der Waals surface area contributed by atoms with Gasteiger partial charge in [0.05, 0.1) is 0 Å². The summed E-state index contributed by atoms with van der Waals surface area (Å²) >= 11 is 3.40. The SMILES string of the molecule is COC1(OC)c2cncc(Br)c2CC1O. The van der Waals surface area contributed by atoms with E-state index in [4.69, 9.17) is 9.47 Å². The first kappa shape index (κ1) is 11.0. The summed E-state index contributed by atoms with van der Waals surface area (Å²) in [6.45, 7) is 0. The van der Waals surface area contributed by atoms with E-state index in [2.05, 4.69) is 20.9 Å². The number of aromatic nitrogens is 1. The van der Waals surface area contributed by atoms with Gasteiger partial charge in [-0.3, -0.25) is 4.98 Å². The minimum Gasteiger partial charge on any atom is -0.387 e. The topological polar surface area (TPSA) is 51.6 Å². The Morgan fingerprint density at radius 1 is 1.47 bits per heavy atom. The largest absolute Gasteiger partial charge is 0.387 e. The van der Waals surface area contributed by atoms with Gasteiger partial charge in [-0.2, -0.15) is 0 Å². The molecule has 15 heavy (non-hydrogen) atoms. The lowest BCUT2D eigenvalue weighted by atomic mass is 10.1. The number of hydrogen-bond donors (Lipinski definition) is 1. The molecule has 2 rings (SSSR count). The van der Waals surface area contributed by atoms with Gasteiger partial charge in [-0.25, -0.2) is 0 Å². The monoisotopic (exact) mass is 273 g/mol. The Morgan fingerprint density at radius 3 is 2.73 bits per heavy atom. The molecule has 1 aliphatic rings. The molecule has 82 valence electrons. The highest BCUT2D eigenvalue weighted by Crippen LogP contribution is 2.42. The van der Waals surface area contributed by atoms with E-state index in [0.29, 0.717) is 6.42 Å². The number of hydrogen-bond acceptors (Lipinski definition) is 4. The Bertz CT molecular complexity index is 379. The normalized spacial score (nSPS) is 22.8. The van der Waals surface area contributed by atoms with Crippen LogP contribution >= 0.6 is 15.9 Å². The predicted octanol–water partition coefficient (Wildman–Crippen LogP) is 1.21. The lowest BCUT2D eigenvalue weighted by Crippen LogP contribution is -2.39. The maximum absolute atomic E-state index is 9.99. The highest BCUT2D eigenvalue weighted by Gasteiger charge is 2.48. The van der Waals surface area contributed by atoms with Gasteiger partial charge >= 0.3 is 0 Å². The molecule has 0 bridgehead atoms. The molecule has 4 nitrogen and oxygen atoms in total. The van der Waals surface area contributed by atoms with Crippen molar-refractivity contribution in [2.45, 2.75) is 18.3 Å². The third-order valence-electron chi connectivity index (χ3n) is 2.82. The molecule has 5 heteroatoms. The molecule has 0 radical (unpaired) electrons. The molecule has 0 spiro atoms. The van der Waals surface area contributed by atoms with Crippen molar-refractivity contribution in [3.63, 3.8) is 0 Å². The molecule has 0 saturated heterocycles. The summed E-state index contributed by atoms with van der Waals surface area (Å²) in [5.74, 6) is -1.08. The van der Waals surface area contributed by atoms with Gasteiger partial charge in [0.1, 0.15) is 6.10 Å². The first-order chi connectivity index (χ1) is 7.15. The molecule has 1 atom stereocenters. The van der Waals surface area contributed by atoms with Crippen LogP contribution in [0.5, 0.6) is 0 Å². The van der Waals surface area contributed by atoms with Gasteiger partial charge in [-0.1, -0.05) is 0 Å². The second-order valence-corrected chi connectivity index (χ2v) is 4.30. The van der Waals surface area contributed by atoms with Gasteiger partial charge < -0.3 is 14.6 Å². The van der Waals surface area contributed by atoms with Gasteiger partial charge in [0.25, 0.3) is 0 Å². The van der Waals surface area contributed by atoms with E-state index in [1.807, 2.05) is 0 Å². The van der Waals surface area contributed by atoms with Gasteiger partial charge in [0.2, 0.25) is 5.79 Å². The zero-order valence-electron chi connectivity index (χ0n) is 8.53. The number of aliphatic hydroxyl groups is 1. The van der Waals surface area contributed by atoms with Crippen molar-refractivity contribution in [3.8, 4) is 0 Å². The summed E-state index contributed by atoms with van der Waals surface area (Å²) in [4.78, 5) is 4.06. The average Bonchev–Trinajstić information content (AvgIpc) is 2.53. The standard InChI is InChI=1S/C10H12BrNO3/c1-14-10(15-2)7-4-12-5-8(11)6(7)3-9(10)13/h4-5,9,13H,3H2,1-2H3. The summed E-state index contributed by atoms with van der Waals surface area (Å²) in [5.41, 5.74) is 1.77. The van der Waals surface area contributed by atoms with E-state index >= 15 is 0 Å². The van der Waals surface area contributed by atoms with Gasteiger partial charge in [-0.15, -0.1) is 0 Å². The molecule has 0 fully saturated rings. The molecular weight excluding hydrogens is 262 g/mol. The number of pyridine rings is 1. The van der Waals surface area contributed by atoms with Crippen LogP contribution in [0.2, 0.25) is 0 Å². The number of methoxy groups -OCH3 is 2. The fourth-order valence-corrected chi connectivity index (χ4v) is 2.55. The number of rotatable bonds is 2. The van der Waals surface area contributed by atoms with E-state index in [0.717, 1.165) is 15.6 Å². The zero-order valence-corrected chi connectivity index (χ0v) is 10.1. The number of ether oxygens (including phenoxy) is 2. The Balaban J connectivity index is 2.59. The molecule has 1 aromatic heterocycles. The quantitative estimate of drug-likeness (QED) is 0.823. The summed E-state index contributed by atoms with van der Waals surface area (Å²) in [7, 11) is 3.03. The average molecular weight is 274 g/mol. The third-order valence-corrected chi connectivity index (χ3v) is 3.51. The Morgan fingerprint density at radius 2 is 2.13 bits per heavy atom. The number of aliphatic hydroxyl groups excluding tert-OH is 1. The maximum Gasteiger partial charge on any atom is 0.223 e. The molecular formula is C10H12BrNO3. The minimum atomic E-state index is -1.08. The highest BCUT2D eigenvalue weighted by molar-refractivity contribution is 9.10. The van der Waals surface area contributed by atoms with Crippen molar-refractivity contribution < 1.29 is 14.6 Å². The second-order valence-electron chi connectivity index (χ2n) is 3.44. The molecule has 1 N–H and O–H groups in total. The molecule has 0 amide bonds. The van der Waals surface area contributed by atoms with Crippen LogP contribution in [0, 0.1) is 0 Å². The zero-order chi connectivity index (χ0) is 11.1. The van der Waals surface area contributed by atoms with Crippen molar-refractivity contribution >= 4 is 15.9 Å². The molecule has 0 saturated carbocycles. The summed E-state index contributed by atoms with van der Waals surface area (Å²) in [5, 5.41) is 9.99. The summed E-state index contributed by atoms with van der Waals surface area (Å²) in [6.07, 6.45) is 3.17. The van der Waals surface area contributed by atoms with Gasteiger partial charge in [-0.05, 0) is 21.5 Å². The minimum absolute atomic E-state index is 0.500. The summed E-state index contributed by atoms with van der Waals surface area (Å²) < 4.78 is 11.5. The van der Waals surface area contributed by atoms with E-state index in [1.54, 1.807) is 12.4 Å². The van der Waals surface area contributed by atoms with Crippen LogP contribution in [0.15, 0.2) is 16.9 Å². The number of halogens is 1.